The zero-order valence-electron chi connectivity index (χ0n) is 16.1. The molecule has 0 aliphatic heterocycles. The molecule has 0 spiro atoms. The summed E-state index contributed by atoms with van der Waals surface area (Å²) in [6, 6.07) is 19.2. The van der Waals surface area contributed by atoms with Gasteiger partial charge in [0.2, 0.25) is 5.91 Å². The lowest BCUT2D eigenvalue weighted by atomic mass is 10.1. The van der Waals surface area contributed by atoms with E-state index in [1.165, 1.54) is 23.5 Å². The zero-order chi connectivity index (χ0) is 21.1. The second kappa shape index (κ2) is 8.81. The Morgan fingerprint density at radius 2 is 1.80 bits per heavy atom. The Balaban J connectivity index is 1.73. The Labute approximate surface area is 182 Å². The Kier molecular flexibility index (Phi) is 5.97. The summed E-state index contributed by atoms with van der Waals surface area (Å²) in [6.07, 6.45) is 0.133. The Bertz CT molecular complexity index is 1180. The van der Waals surface area contributed by atoms with Gasteiger partial charge in [0.25, 0.3) is 0 Å². The maximum Gasteiger partial charge on any atom is 0.233 e. The first-order valence-electron chi connectivity index (χ1n) is 9.27. The van der Waals surface area contributed by atoms with E-state index in [4.69, 9.17) is 16.3 Å². The van der Waals surface area contributed by atoms with E-state index < -0.39 is 0 Å². The monoisotopic (exact) mass is 440 g/mol. The second-order valence-electron chi connectivity index (χ2n) is 6.69. The highest BCUT2D eigenvalue weighted by Gasteiger charge is 2.22. The van der Waals surface area contributed by atoms with Gasteiger partial charge in [-0.15, -0.1) is 0 Å². The maximum absolute atomic E-state index is 13.3. The van der Waals surface area contributed by atoms with E-state index in [1.54, 1.807) is 36.3 Å². The van der Waals surface area contributed by atoms with Crippen molar-refractivity contribution in [2.24, 2.45) is 0 Å². The summed E-state index contributed by atoms with van der Waals surface area (Å²) in [5, 5.41) is 1.09. The number of halogens is 2. The number of nitrogens with zero attached hydrogens (tertiary/aromatic N) is 2. The third kappa shape index (κ3) is 4.30. The average molecular weight is 441 g/mol. The van der Waals surface area contributed by atoms with Gasteiger partial charge in [-0.05, 0) is 35.4 Å². The van der Waals surface area contributed by atoms with E-state index >= 15 is 0 Å². The molecule has 4 aromatic rings. The molecule has 30 heavy (non-hydrogen) atoms. The van der Waals surface area contributed by atoms with E-state index in [9.17, 15) is 9.18 Å². The summed E-state index contributed by atoms with van der Waals surface area (Å²) in [5.41, 5.74) is 2.33. The summed E-state index contributed by atoms with van der Waals surface area (Å²) in [4.78, 5) is 19.6. The number of benzene rings is 3. The van der Waals surface area contributed by atoms with Gasteiger partial charge in [0.1, 0.15) is 17.1 Å². The summed E-state index contributed by atoms with van der Waals surface area (Å²) in [5.74, 6) is 0.127. The van der Waals surface area contributed by atoms with Crippen LogP contribution in [0.2, 0.25) is 5.02 Å². The number of anilines is 1. The van der Waals surface area contributed by atoms with E-state index in [-0.39, 0.29) is 18.1 Å². The molecule has 7 heteroatoms. The van der Waals surface area contributed by atoms with Crippen LogP contribution in [0.3, 0.4) is 0 Å². The Morgan fingerprint density at radius 1 is 1.07 bits per heavy atom. The van der Waals surface area contributed by atoms with Gasteiger partial charge < -0.3 is 4.74 Å². The molecule has 0 unspecified atom stereocenters. The van der Waals surface area contributed by atoms with Gasteiger partial charge in [0.05, 0.1) is 29.8 Å². The molecular formula is C23H18ClFN2O2S. The van der Waals surface area contributed by atoms with Crippen molar-refractivity contribution in [3.05, 3.63) is 88.7 Å². The van der Waals surface area contributed by atoms with Gasteiger partial charge >= 0.3 is 0 Å². The normalized spacial score (nSPS) is 10.9. The number of methoxy groups -OCH3 is 1. The number of thiazole rings is 1. The first-order valence-corrected chi connectivity index (χ1v) is 10.5. The molecule has 3 aromatic carbocycles. The number of carbonyl (C=O) groups is 1. The van der Waals surface area contributed by atoms with Crippen molar-refractivity contribution in [1.82, 2.24) is 4.98 Å². The van der Waals surface area contributed by atoms with E-state index in [2.05, 4.69) is 4.98 Å². The number of amides is 1. The van der Waals surface area contributed by atoms with Crippen molar-refractivity contribution in [2.75, 3.05) is 12.0 Å². The van der Waals surface area contributed by atoms with Gasteiger partial charge in [0, 0.05) is 0 Å². The van der Waals surface area contributed by atoms with E-state index in [0.29, 0.717) is 28.0 Å². The van der Waals surface area contributed by atoms with Crippen molar-refractivity contribution in [3.8, 4) is 5.75 Å². The minimum atomic E-state index is -0.333. The molecule has 1 amide bonds. The first kappa shape index (κ1) is 20.3. The van der Waals surface area contributed by atoms with Crippen molar-refractivity contribution >= 4 is 44.2 Å². The molecule has 1 aromatic heterocycles. The van der Waals surface area contributed by atoms with Crippen LogP contribution in [0.15, 0.2) is 66.7 Å². The molecule has 4 rings (SSSR count). The number of ether oxygens (including phenoxy) is 1. The van der Waals surface area contributed by atoms with Crippen molar-refractivity contribution in [1.29, 1.82) is 0 Å². The van der Waals surface area contributed by atoms with Crippen LogP contribution in [-0.2, 0) is 17.8 Å². The highest BCUT2D eigenvalue weighted by Crippen LogP contribution is 2.39. The van der Waals surface area contributed by atoms with Gasteiger partial charge in [-0.1, -0.05) is 65.4 Å². The molecule has 0 bridgehead atoms. The molecular weight excluding hydrogens is 423 g/mol. The Hall–Kier alpha value is -2.96. The van der Waals surface area contributed by atoms with Crippen LogP contribution in [0.4, 0.5) is 9.52 Å². The highest BCUT2D eigenvalue weighted by molar-refractivity contribution is 7.23. The molecule has 0 radical (unpaired) electrons. The topological polar surface area (TPSA) is 42.4 Å². The van der Waals surface area contributed by atoms with Gasteiger partial charge in [0.15, 0.2) is 5.13 Å². The molecule has 0 aliphatic rings. The maximum atomic E-state index is 13.3. The predicted molar refractivity (Wildman–Crippen MR) is 119 cm³/mol. The van der Waals surface area contributed by atoms with Crippen LogP contribution < -0.4 is 9.64 Å². The van der Waals surface area contributed by atoms with Crippen molar-refractivity contribution in [3.63, 3.8) is 0 Å². The van der Waals surface area contributed by atoms with Crippen LogP contribution in [0.25, 0.3) is 10.2 Å². The Morgan fingerprint density at radius 3 is 2.50 bits per heavy atom. The molecule has 0 saturated carbocycles. The predicted octanol–water partition coefficient (Wildman–Crippen LogP) is 5.87. The highest BCUT2D eigenvalue weighted by atomic mass is 35.5. The number of hydrogen-bond donors (Lipinski definition) is 0. The summed E-state index contributed by atoms with van der Waals surface area (Å²) in [6.45, 7) is 0.362. The van der Waals surface area contributed by atoms with Crippen LogP contribution in [0, 0.1) is 5.82 Å². The fourth-order valence-electron chi connectivity index (χ4n) is 3.12. The number of rotatable bonds is 6. The minimum absolute atomic E-state index is 0.133. The van der Waals surface area contributed by atoms with Crippen LogP contribution in [-0.4, -0.2) is 18.0 Å². The van der Waals surface area contributed by atoms with Crippen molar-refractivity contribution in [2.45, 2.75) is 13.0 Å². The SMILES string of the molecule is COc1ccc(Cl)c2sc(N(Cc3ccccc3)C(=O)Cc3ccc(F)cc3)nc12. The van der Waals surface area contributed by atoms with Crippen LogP contribution in [0.5, 0.6) is 5.75 Å². The van der Waals surface area contributed by atoms with Crippen LogP contribution in [0.1, 0.15) is 11.1 Å². The van der Waals surface area contributed by atoms with Crippen molar-refractivity contribution < 1.29 is 13.9 Å². The third-order valence-corrected chi connectivity index (χ3v) is 6.19. The lowest BCUT2D eigenvalue weighted by Crippen LogP contribution is -2.31. The van der Waals surface area contributed by atoms with Gasteiger partial charge in [-0.25, -0.2) is 9.37 Å². The van der Waals surface area contributed by atoms with E-state index in [1.807, 2.05) is 30.3 Å². The second-order valence-corrected chi connectivity index (χ2v) is 8.08. The summed E-state index contributed by atoms with van der Waals surface area (Å²) in [7, 11) is 1.57. The quantitative estimate of drug-likeness (QED) is 0.376. The lowest BCUT2D eigenvalue weighted by Gasteiger charge is -2.20. The zero-order valence-corrected chi connectivity index (χ0v) is 17.7. The molecule has 0 atom stereocenters. The summed E-state index contributed by atoms with van der Waals surface area (Å²) >= 11 is 7.71. The minimum Gasteiger partial charge on any atom is -0.494 e. The molecule has 1 heterocycles. The lowest BCUT2D eigenvalue weighted by molar-refractivity contribution is -0.118. The molecule has 0 saturated heterocycles. The summed E-state index contributed by atoms with van der Waals surface area (Å²) < 4.78 is 19.4. The number of hydrogen-bond acceptors (Lipinski definition) is 4. The molecule has 0 N–H and O–H groups in total. The van der Waals surface area contributed by atoms with E-state index in [0.717, 1.165) is 15.8 Å². The van der Waals surface area contributed by atoms with Gasteiger partial charge in [-0.3, -0.25) is 9.69 Å². The molecule has 152 valence electrons. The first-order chi connectivity index (χ1) is 14.5. The number of aromatic nitrogens is 1. The number of carbonyl (C=O) groups excluding carboxylic acids is 1. The van der Waals surface area contributed by atoms with Crippen LogP contribution >= 0.6 is 22.9 Å². The van der Waals surface area contributed by atoms with Gasteiger partial charge in [-0.2, -0.15) is 0 Å². The molecule has 4 nitrogen and oxygen atoms in total. The standard InChI is InChI=1S/C23H18ClFN2O2S/c1-29-19-12-11-18(24)22-21(19)26-23(30-22)27(14-16-5-3-2-4-6-16)20(28)13-15-7-9-17(25)10-8-15/h2-12H,13-14H2,1H3. The third-order valence-electron chi connectivity index (χ3n) is 4.65. The molecule has 0 fully saturated rings. The largest absolute Gasteiger partial charge is 0.494 e. The fraction of sp³-hybridized carbons (Fsp3) is 0.130. The number of fused-ring (bicyclic) bond motifs is 1. The smallest absolute Gasteiger partial charge is 0.233 e. The average Bonchev–Trinajstić information content (AvgIpc) is 3.21. The fourth-order valence-corrected chi connectivity index (χ4v) is 4.39. The molecule has 0 aliphatic carbocycles.